The fourth-order valence-corrected chi connectivity index (χ4v) is 1.57. The van der Waals surface area contributed by atoms with Crippen molar-refractivity contribution in [1.29, 1.82) is 0 Å². The molecule has 1 unspecified atom stereocenters. The van der Waals surface area contributed by atoms with Crippen LogP contribution in [0.3, 0.4) is 0 Å². The molecule has 13 heavy (non-hydrogen) atoms. The first-order valence-electron chi connectivity index (χ1n) is 4.84. The molecular weight excluding hydrogens is 158 g/mol. The number of rotatable bonds is 2. The van der Waals surface area contributed by atoms with Gasteiger partial charge in [0.1, 0.15) is 0 Å². The molecular formula is C12H19N. The predicted octanol–water partition coefficient (Wildman–Crippen LogP) is 2.82. The Kier molecular flexibility index (Phi) is 3.49. The average Bonchev–Trinajstić information content (AvgIpc) is 2.08. The standard InChI is InChI=1S/C12H19N/c1-9(2)7-11-5-6-12(13-4)8-10(11)3/h5,7-8,12-13H,6H2,1-4H3. The molecule has 0 radical (unpaired) electrons. The second kappa shape index (κ2) is 4.43. The molecule has 1 atom stereocenters. The van der Waals surface area contributed by atoms with Crippen molar-refractivity contribution in [3.05, 3.63) is 34.9 Å². The molecule has 0 heterocycles. The van der Waals surface area contributed by atoms with Gasteiger partial charge in [-0.3, -0.25) is 0 Å². The van der Waals surface area contributed by atoms with Crippen molar-refractivity contribution in [1.82, 2.24) is 5.32 Å². The van der Waals surface area contributed by atoms with Gasteiger partial charge in [0.25, 0.3) is 0 Å². The first kappa shape index (κ1) is 10.3. The van der Waals surface area contributed by atoms with Gasteiger partial charge in [0.05, 0.1) is 0 Å². The van der Waals surface area contributed by atoms with Crippen LogP contribution in [0.1, 0.15) is 27.2 Å². The molecule has 1 heteroatoms. The van der Waals surface area contributed by atoms with E-state index in [1.165, 1.54) is 16.7 Å². The minimum Gasteiger partial charge on any atom is -0.313 e. The van der Waals surface area contributed by atoms with E-state index in [1.807, 2.05) is 7.05 Å². The first-order valence-corrected chi connectivity index (χ1v) is 4.84. The molecule has 72 valence electrons. The van der Waals surface area contributed by atoms with Gasteiger partial charge >= 0.3 is 0 Å². The number of hydrogen-bond acceptors (Lipinski definition) is 1. The monoisotopic (exact) mass is 177 g/mol. The number of nitrogens with one attached hydrogen (secondary N) is 1. The van der Waals surface area contributed by atoms with Gasteiger partial charge in [-0.15, -0.1) is 0 Å². The smallest absolute Gasteiger partial charge is 0.0287 e. The molecule has 1 rings (SSSR count). The summed E-state index contributed by atoms with van der Waals surface area (Å²) in [6, 6.07) is 0.523. The zero-order valence-electron chi connectivity index (χ0n) is 9.02. The van der Waals surface area contributed by atoms with Gasteiger partial charge < -0.3 is 5.32 Å². The van der Waals surface area contributed by atoms with E-state index in [2.05, 4.69) is 44.3 Å². The molecule has 0 saturated carbocycles. The minimum atomic E-state index is 0.523. The predicted molar refractivity (Wildman–Crippen MR) is 58.7 cm³/mol. The van der Waals surface area contributed by atoms with E-state index in [9.17, 15) is 0 Å². The SMILES string of the molecule is CNC1C=C(C)C(C=C(C)C)=CC1. The van der Waals surface area contributed by atoms with Crippen LogP contribution in [-0.4, -0.2) is 13.1 Å². The van der Waals surface area contributed by atoms with Crippen molar-refractivity contribution in [2.24, 2.45) is 0 Å². The lowest BCUT2D eigenvalue weighted by Crippen LogP contribution is -2.24. The van der Waals surface area contributed by atoms with Gasteiger partial charge in [0, 0.05) is 6.04 Å². The number of allylic oxidation sites excluding steroid dienone is 4. The third-order valence-corrected chi connectivity index (χ3v) is 2.31. The van der Waals surface area contributed by atoms with Crippen molar-refractivity contribution in [3.63, 3.8) is 0 Å². The summed E-state index contributed by atoms with van der Waals surface area (Å²) in [7, 11) is 2.01. The summed E-state index contributed by atoms with van der Waals surface area (Å²) in [5, 5.41) is 3.27. The van der Waals surface area contributed by atoms with Crippen LogP contribution in [0, 0.1) is 0 Å². The highest BCUT2D eigenvalue weighted by Crippen LogP contribution is 2.20. The van der Waals surface area contributed by atoms with E-state index in [1.54, 1.807) is 0 Å². The topological polar surface area (TPSA) is 12.0 Å². The van der Waals surface area contributed by atoms with Crippen molar-refractivity contribution in [2.45, 2.75) is 33.2 Å². The van der Waals surface area contributed by atoms with Crippen LogP contribution in [0.25, 0.3) is 0 Å². The third kappa shape index (κ3) is 2.85. The summed E-state index contributed by atoms with van der Waals surface area (Å²) in [6.45, 7) is 6.45. The molecule has 0 amide bonds. The van der Waals surface area contributed by atoms with Gasteiger partial charge in [0.2, 0.25) is 0 Å². The van der Waals surface area contributed by atoms with Crippen LogP contribution < -0.4 is 5.32 Å². The Balaban J connectivity index is 2.77. The van der Waals surface area contributed by atoms with E-state index in [0.29, 0.717) is 6.04 Å². The third-order valence-electron chi connectivity index (χ3n) is 2.31. The molecule has 1 nitrogen and oxygen atoms in total. The molecule has 0 aromatic heterocycles. The van der Waals surface area contributed by atoms with Crippen molar-refractivity contribution < 1.29 is 0 Å². The summed E-state index contributed by atoms with van der Waals surface area (Å²) in [4.78, 5) is 0. The molecule has 1 aliphatic carbocycles. The Bertz CT molecular complexity index is 265. The van der Waals surface area contributed by atoms with Gasteiger partial charge in [-0.25, -0.2) is 0 Å². The van der Waals surface area contributed by atoms with Gasteiger partial charge in [0.15, 0.2) is 0 Å². The van der Waals surface area contributed by atoms with E-state index in [0.717, 1.165) is 6.42 Å². The minimum absolute atomic E-state index is 0.523. The van der Waals surface area contributed by atoms with E-state index < -0.39 is 0 Å². The lowest BCUT2D eigenvalue weighted by Gasteiger charge is -2.17. The molecule has 0 aliphatic heterocycles. The second-order valence-electron chi connectivity index (χ2n) is 3.86. The summed E-state index contributed by atoms with van der Waals surface area (Å²) >= 11 is 0. The highest BCUT2D eigenvalue weighted by atomic mass is 14.9. The zero-order chi connectivity index (χ0) is 9.84. The van der Waals surface area contributed by atoms with Crippen LogP contribution in [0.4, 0.5) is 0 Å². The Hall–Kier alpha value is -0.820. The Morgan fingerprint density at radius 1 is 1.54 bits per heavy atom. The van der Waals surface area contributed by atoms with Crippen molar-refractivity contribution >= 4 is 0 Å². The highest BCUT2D eigenvalue weighted by Gasteiger charge is 2.08. The molecule has 0 bridgehead atoms. The normalized spacial score (nSPS) is 22.0. The molecule has 1 aliphatic rings. The average molecular weight is 177 g/mol. The van der Waals surface area contributed by atoms with Gasteiger partial charge in [-0.1, -0.05) is 23.8 Å². The summed E-state index contributed by atoms with van der Waals surface area (Å²) in [6.07, 6.45) is 7.96. The van der Waals surface area contributed by atoms with Crippen LogP contribution in [0.5, 0.6) is 0 Å². The fraction of sp³-hybridized carbons (Fsp3) is 0.500. The molecule has 0 aromatic carbocycles. The van der Waals surface area contributed by atoms with Gasteiger partial charge in [-0.2, -0.15) is 0 Å². The molecule has 0 fully saturated rings. The molecule has 0 saturated heterocycles. The van der Waals surface area contributed by atoms with Gasteiger partial charge in [-0.05, 0) is 45.4 Å². The lowest BCUT2D eigenvalue weighted by molar-refractivity contribution is 0.665. The number of hydrogen-bond donors (Lipinski definition) is 1. The largest absolute Gasteiger partial charge is 0.313 e. The summed E-state index contributed by atoms with van der Waals surface area (Å²) in [5.74, 6) is 0. The quantitative estimate of drug-likeness (QED) is 0.684. The van der Waals surface area contributed by atoms with E-state index in [4.69, 9.17) is 0 Å². The maximum absolute atomic E-state index is 3.27. The van der Waals surface area contributed by atoms with Crippen LogP contribution in [-0.2, 0) is 0 Å². The zero-order valence-corrected chi connectivity index (χ0v) is 9.02. The van der Waals surface area contributed by atoms with Crippen molar-refractivity contribution in [3.8, 4) is 0 Å². The maximum atomic E-state index is 3.27. The molecule has 0 spiro atoms. The molecule has 1 N–H and O–H groups in total. The summed E-state index contributed by atoms with van der Waals surface area (Å²) in [5.41, 5.74) is 4.13. The Labute approximate surface area is 81.2 Å². The van der Waals surface area contributed by atoms with Crippen LogP contribution in [0.2, 0.25) is 0 Å². The Morgan fingerprint density at radius 2 is 2.23 bits per heavy atom. The van der Waals surface area contributed by atoms with Crippen LogP contribution >= 0.6 is 0 Å². The number of likely N-dealkylation sites (N-methyl/N-ethyl adjacent to an activating group) is 1. The van der Waals surface area contributed by atoms with E-state index >= 15 is 0 Å². The summed E-state index contributed by atoms with van der Waals surface area (Å²) < 4.78 is 0. The Morgan fingerprint density at radius 3 is 2.69 bits per heavy atom. The highest BCUT2D eigenvalue weighted by molar-refractivity contribution is 5.42. The lowest BCUT2D eigenvalue weighted by atomic mass is 9.95. The second-order valence-corrected chi connectivity index (χ2v) is 3.86. The maximum Gasteiger partial charge on any atom is 0.0287 e. The van der Waals surface area contributed by atoms with Crippen LogP contribution in [0.15, 0.2) is 34.9 Å². The first-order chi connectivity index (χ1) is 6.13. The molecule has 0 aromatic rings. The van der Waals surface area contributed by atoms with E-state index in [-0.39, 0.29) is 0 Å². The van der Waals surface area contributed by atoms with Crippen molar-refractivity contribution in [2.75, 3.05) is 7.05 Å². The fourth-order valence-electron chi connectivity index (χ4n) is 1.57.